The second-order valence-electron chi connectivity index (χ2n) is 3.90. The van der Waals surface area contributed by atoms with E-state index in [1.54, 1.807) is 6.92 Å². The molecule has 0 radical (unpaired) electrons. The number of esters is 1. The summed E-state index contributed by atoms with van der Waals surface area (Å²) in [6, 6.07) is 1.44. The summed E-state index contributed by atoms with van der Waals surface area (Å²) in [4.78, 5) is 27.0. The molecule has 0 bridgehead atoms. The number of hydrogen-bond acceptors (Lipinski definition) is 6. The Morgan fingerprint density at radius 1 is 1.40 bits per heavy atom. The molecule has 0 aliphatic carbocycles. The van der Waals surface area contributed by atoms with Crippen LogP contribution in [0, 0.1) is 0 Å². The number of carbonyl (C=O) groups excluding carboxylic acids is 2. The summed E-state index contributed by atoms with van der Waals surface area (Å²) in [5, 5.41) is 3.95. The van der Waals surface area contributed by atoms with Crippen molar-refractivity contribution in [3.63, 3.8) is 0 Å². The number of nitrogens with zero attached hydrogens (tertiary/aromatic N) is 3. The Hall–Kier alpha value is -2.90. The van der Waals surface area contributed by atoms with Crippen LogP contribution >= 0.6 is 0 Å². The van der Waals surface area contributed by atoms with E-state index in [4.69, 9.17) is 16.2 Å². The minimum absolute atomic E-state index is 0.158. The van der Waals surface area contributed by atoms with E-state index in [-0.39, 0.29) is 23.6 Å². The molecule has 0 saturated heterocycles. The molecule has 20 heavy (non-hydrogen) atoms. The maximum Gasteiger partial charge on any atom is 0.342 e. The number of hydrogen-bond donors (Lipinski definition) is 2. The van der Waals surface area contributed by atoms with Crippen molar-refractivity contribution in [3.05, 3.63) is 35.8 Å². The molecule has 0 fully saturated rings. The molecule has 104 valence electrons. The fraction of sp³-hybridized carbons (Fsp3) is 0.167. The van der Waals surface area contributed by atoms with E-state index in [1.807, 2.05) is 0 Å². The highest BCUT2D eigenvalue weighted by Crippen LogP contribution is 2.16. The van der Waals surface area contributed by atoms with E-state index in [0.717, 1.165) is 0 Å². The molecule has 4 N–H and O–H groups in total. The first-order valence-corrected chi connectivity index (χ1v) is 5.80. The maximum atomic E-state index is 11.9. The first kappa shape index (κ1) is 13.5. The van der Waals surface area contributed by atoms with Crippen molar-refractivity contribution in [2.45, 2.75) is 6.92 Å². The number of rotatable bonds is 4. The summed E-state index contributed by atoms with van der Waals surface area (Å²) in [6.45, 7) is 1.91. The number of pyridine rings is 1. The Balaban J connectivity index is 2.49. The highest BCUT2D eigenvalue weighted by molar-refractivity contribution is 5.94. The van der Waals surface area contributed by atoms with Crippen LogP contribution in [-0.2, 0) is 4.74 Å². The van der Waals surface area contributed by atoms with Crippen LogP contribution in [0.3, 0.4) is 0 Å². The highest BCUT2D eigenvalue weighted by atomic mass is 16.5. The van der Waals surface area contributed by atoms with Gasteiger partial charge in [0.2, 0.25) is 0 Å². The lowest BCUT2D eigenvalue weighted by atomic mass is 10.2. The van der Waals surface area contributed by atoms with Gasteiger partial charge in [-0.3, -0.25) is 4.79 Å². The third-order valence-corrected chi connectivity index (χ3v) is 2.47. The second kappa shape index (κ2) is 5.39. The van der Waals surface area contributed by atoms with Crippen molar-refractivity contribution in [1.29, 1.82) is 0 Å². The van der Waals surface area contributed by atoms with E-state index in [9.17, 15) is 9.59 Å². The Morgan fingerprint density at radius 2 is 2.15 bits per heavy atom. The Labute approximate surface area is 114 Å². The van der Waals surface area contributed by atoms with Gasteiger partial charge >= 0.3 is 5.97 Å². The van der Waals surface area contributed by atoms with Crippen LogP contribution in [0.4, 0.5) is 5.69 Å². The van der Waals surface area contributed by atoms with Crippen LogP contribution < -0.4 is 11.5 Å². The summed E-state index contributed by atoms with van der Waals surface area (Å²) in [6.07, 6.45) is 4.04. The van der Waals surface area contributed by atoms with Crippen LogP contribution in [0.5, 0.6) is 0 Å². The van der Waals surface area contributed by atoms with Crippen molar-refractivity contribution in [3.8, 4) is 5.82 Å². The number of primary amides is 1. The van der Waals surface area contributed by atoms with Gasteiger partial charge in [-0.25, -0.2) is 14.5 Å². The van der Waals surface area contributed by atoms with Crippen molar-refractivity contribution >= 4 is 17.6 Å². The van der Waals surface area contributed by atoms with Gasteiger partial charge < -0.3 is 16.2 Å². The zero-order valence-electron chi connectivity index (χ0n) is 10.7. The zero-order chi connectivity index (χ0) is 14.7. The first-order valence-electron chi connectivity index (χ1n) is 5.80. The quantitative estimate of drug-likeness (QED) is 0.763. The lowest BCUT2D eigenvalue weighted by molar-refractivity contribution is 0.0525. The van der Waals surface area contributed by atoms with Crippen LogP contribution in [0.2, 0.25) is 0 Å². The van der Waals surface area contributed by atoms with Gasteiger partial charge in [0.15, 0.2) is 5.82 Å². The number of amides is 1. The normalized spacial score (nSPS) is 10.2. The molecule has 0 atom stereocenters. The molecular formula is C12H13N5O3. The largest absolute Gasteiger partial charge is 0.462 e. The topological polar surface area (TPSA) is 126 Å². The van der Waals surface area contributed by atoms with Gasteiger partial charge in [-0.2, -0.15) is 5.10 Å². The minimum atomic E-state index is -0.621. The average molecular weight is 275 g/mol. The number of carbonyl (C=O) groups is 2. The van der Waals surface area contributed by atoms with E-state index in [2.05, 4.69) is 10.1 Å². The highest BCUT2D eigenvalue weighted by Gasteiger charge is 2.17. The SMILES string of the molecule is CCOC(=O)c1cc(N)cnc1-n1cc(C(N)=O)cn1. The molecule has 2 aromatic heterocycles. The van der Waals surface area contributed by atoms with E-state index in [0.29, 0.717) is 5.69 Å². The monoisotopic (exact) mass is 275 g/mol. The fourth-order valence-corrected chi connectivity index (χ4v) is 1.58. The number of nitrogen functional groups attached to an aromatic ring is 1. The molecule has 0 aliphatic rings. The van der Waals surface area contributed by atoms with Crippen LogP contribution in [0.1, 0.15) is 27.6 Å². The third-order valence-electron chi connectivity index (χ3n) is 2.47. The summed E-state index contributed by atoms with van der Waals surface area (Å²) in [5.41, 5.74) is 11.5. The summed E-state index contributed by atoms with van der Waals surface area (Å²) in [7, 11) is 0. The Kier molecular flexibility index (Phi) is 3.65. The van der Waals surface area contributed by atoms with Crippen LogP contribution in [0.25, 0.3) is 5.82 Å². The van der Waals surface area contributed by atoms with Crippen molar-refractivity contribution in [2.75, 3.05) is 12.3 Å². The van der Waals surface area contributed by atoms with E-state index >= 15 is 0 Å². The van der Waals surface area contributed by atoms with Crippen molar-refractivity contribution in [2.24, 2.45) is 5.73 Å². The third kappa shape index (κ3) is 2.58. The van der Waals surface area contributed by atoms with Gasteiger partial charge in [0.25, 0.3) is 5.91 Å². The Morgan fingerprint density at radius 3 is 2.75 bits per heavy atom. The standard InChI is InChI=1S/C12H13N5O3/c1-2-20-12(19)9-3-8(13)5-15-11(9)17-6-7(4-16-17)10(14)18/h3-6H,2,13H2,1H3,(H2,14,18). The zero-order valence-corrected chi connectivity index (χ0v) is 10.7. The van der Waals surface area contributed by atoms with Crippen molar-refractivity contribution in [1.82, 2.24) is 14.8 Å². The van der Waals surface area contributed by atoms with Crippen LogP contribution in [-0.4, -0.2) is 33.2 Å². The number of aromatic nitrogens is 3. The fourth-order valence-electron chi connectivity index (χ4n) is 1.58. The molecule has 0 saturated carbocycles. The van der Waals surface area contributed by atoms with Crippen molar-refractivity contribution < 1.29 is 14.3 Å². The molecule has 0 aliphatic heterocycles. The maximum absolute atomic E-state index is 11.9. The average Bonchev–Trinajstić information content (AvgIpc) is 2.88. The molecule has 0 aromatic carbocycles. The minimum Gasteiger partial charge on any atom is -0.462 e. The van der Waals surface area contributed by atoms with Gasteiger partial charge in [-0.1, -0.05) is 0 Å². The molecule has 2 aromatic rings. The number of ether oxygens (including phenoxy) is 1. The van der Waals surface area contributed by atoms with Gasteiger partial charge in [0, 0.05) is 6.20 Å². The molecule has 8 nitrogen and oxygen atoms in total. The summed E-state index contributed by atoms with van der Waals surface area (Å²) in [5.74, 6) is -0.979. The molecule has 2 heterocycles. The first-order chi connectivity index (χ1) is 9.52. The second-order valence-corrected chi connectivity index (χ2v) is 3.90. The summed E-state index contributed by atoms with van der Waals surface area (Å²) < 4.78 is 6.20. The van der Waals surface area contributed by atoms with Gasteiger partial charge in [-0.05, 0) is 13.0 Å². The number of anilines is 1. The molecule has 8 heteroatoms. The molecule has 0 spiro atoms. The smallest absolute Gasteiger partial charge is 0.342 e. The lowest BCUT2D eigenvalue weighted by Gasteiger charge is -2.08. The van der Waals surface area contributed by atoms with Crippen LogP contribution in [0.15, 0.2) is 24.7 Å². The predicted octanol–water partition coefficient (Wildman–Crippen LogP) is 0.125. The molecule has 1 amide bonds. The molecular weight excluding hydrogens is 262 g/mol. The van der Waals surface area contributed by atoms with Gasteiger partial charge in [0.05, 0.1) is 30.3 Å². The van der Waals surface area contributed by atoms with Gasteiger partial charge in [0.1, 0.15) is 5.56 Å². The molecule has 2 rings (SSSR count). The van der Waals surface area contributed by atoms with Gasteiger partial charge in [-0.15, -0.1) is 0 Å². The van der Waals surface area contributed by atoms with E-state index < -0.39 is 11.9 Å². The Bertz CT molecular complexity index is 665. The molecule has 0 unspecified atom stereocenters. The predicted molar refractivity (Wildman–Crippen MR) is 70.2 cm³/mol. The number of nitrogens with two attached hydrogens (primary N) is 2. The lowest BCUT2D eigenvalue weighted by Crippen LogP contribution is -2.13. The van der Waals surface area contributed by atoms with E-state index in [1.165, 1.54) is 29.3 Å². The summed E-state index contributed by atoms with van der Waals surface area (Å²) >= 11 is 0.